The van der Waals surface area contributed by atoms with Crippen molar-refractivity contribution in [2.75, 3.05) is 13.1 Å². The number of piperidine rings is 1. The van der Waals surface area contributed by atoms with E-state index in [1.54, 1.807) is 11.3 Å². The first-order chi connectivity index (χ1) is 7.62. The van der Waals surface area contributed by atoms with Gasteiger partial charge in [0.25, 0.3) is 0 Å². The van der Waals surface area contributed by atoms with Gasteiger partial charge in [-0.1, -0.05) is 6.92 Å². The zero-order valence-corrected chi connectivity index (χ0v) is 11.8. The molecule has 0 unspecified atom stereocenters. The summed E-state index contributed by atoms with van der Waals surface area (Å²) in [6.45, 7) is 4.04. The Kier molecular flexibility index (Phi) is 3.82. The highest BCUT2D eigenvalue weighted by atomic mass is 79.9. The summed E-state index contributed by atoms with van der Waals surface area (Å²) in [5, 5.41) is 5.33. The summed E-state index contributed by atoms with van der Waals surface area (Å²) in [5.41, 5.74) is -0.116. The van der Waals surface area contributed by atoms with Crippen molar-refractivity contribution in [2.45, 2.75) is 26.2 Å². The Hall–Kier alpha value is -0.190. The van der Waals surface area contributed by atoms with Crippen LogP contribution in [0.25, 0.3) is 0 Å². The van der Waals surface area contributed by atoms with Gasteiger partial charge in [-0.05, 0) is 53.3 Å². The maximum absolute atomic E-state index is 12.3. The second-order valence-electron chi connectivity index (χ2n) is 4.60. The molecule has 2 rings (SSSR count). The van der Waals surface area contributed by atoms with E-state index in [9.17, 15) is 4.79 Å². The lowest BCUT2D eigenvalue weighted by atomic mass is 9.76. The molecular weight excluding hydrogens is 286 g/mol. The molecule has 1 aromatic heterocycles. The zero-order chi connectivity index (χ0) is 11.6. The molecule has 16 heavy (non-hydrogen) atoms. The highest BCUT2D eigenvalue weighted by Gasteiger charge is 2.34. The van der Waals surface area contributed by atoms with Crippen molar-refractivity contribution < 1.29 is 4.79 Å². The molecule has 0 atom stereocenters. The van der Waals surface area contributed by atoms with Gasteiger partial charge < -0.3 is 5.32 Å². The molecule has 0 saturated carbocycles. The normalized spacial score (nSPS) is 19.6. The van der Waals surface area contributed by atoms with Gasteiger partial charge in [0, 0.05) is 21.2 Å². The molecule has 1 aromatic rings. The second-order valence-corrected chi connectivity index (χ2v) is 6.46. The van der Waals surface area contributed by atoms with Crippen LogP contribution in [0, 0.1) is 5.41 Å². The topological polar surface area (TPSA) is 29.1 Å². The number of carbonyl (C=O) groups is 1. The molecule has 0 bridgehead atoms. The van der Waals surface area contributed by atoms with Crippen molar-refractivity contribution in [1.82, 2.24) is 5.32 Å². The van der Waals surface area contributed by atoms with Crippen molar-refractivity contribution in [2.24, 2.45) is 5.41 Å². The third kappa shape index (κ3) is 2.55. The molecule has 1 N–H and O–H groups in total. The number of hydrogen-bond acceptors (Lipinski definition) is 3. The van der Waals surface area contributed by atoms with Gasteiger partial charge in [0.15, 0.2) is 0 Å². The van der Waals surface area contributed by atoms with E-state index in [0.29, 0.717) is 12.2 Å². The molecule has 1 saturated heterocycles. The number of ketones is 1. The van der Waals surface area contributed by atoms with Crippen molar-refractivity contribution in [3.05, 3.63) is 20.8 Å². The first kappa shape index (κ1) is 12.3. The molecule has 4 heteroatoms. The van der Waals surface area contributed by atoms with Gasteiger partial charge in [-0.3, -0.25) is 4.79 Å². The number of nitrogens with one attached hydrogen (secondary N) is 1. The van der Waals surface area contributed by atoms with Gasteiger partial charge >= 0.3 is 0 Å². The fourth-order valence-electron chi connectivity index (χ4n) is 2.07. The second kappa shape index (κ2) is 4.98. The molecule has 88 valence electrons. The number of rotatable bonds is 3. The smallest absolute Gasteiger partial charge is 0.144 e. The summed E-state index contributed by atoms with van der Waals surface area (Å²) in [6, 6.07) is 2.01. The summed E-state index contributed by atoms with van der Waals surface area (Å²) < 4.78 is 1.07. The van der Waals surface area contributed by atoms with Crippen LogP contribution in [0.5, 0.6) is 0 Å². The largest absolute Gasteiger partial charge is 0.317 e. The molecule has 2 heterocycles. The van der Waals surface area contributed by atoms with E-state index in [0.717, 1.165) is 35.3 Å². The minimum atomic E-state index is -0.116. The maximum atomic E-state index is 12.3. The van der Waals surface area contributed by atoms with Crippen molar-refractivity contribution in [1.29, 1.82) is 0 Å². The maximum Gasteiger partial charge on any atom is 0.144 e. The van der Waals surface area contributed by atoms with Crippen LogP contribution in [0.3, 0.4) is 0 Å². The van der Waals surface area contributed by atoms with Crippen molar-refractivity contribution in [3.8, 4) is 0 Å². The lowest BCUT2D eigenvalue weighted by Crippen LogP contribution is -2.40. The molecule has 1 fully saturated rings. The molecule has 0 amide bonds. The molecule has 2 nitrogen and oxygen atoms in total. The van der Waals surface area contributed by atoms with Crippen molar-refractivity contribution >= 4 is 33.0 Å². The average Bonchev–Trinajstić information content (AvgIpc) is 2.65. The van der Waals surface area contributed by atoms with E-state index >= 15 is 0 Å². The van der Waals surface area contributed by atoms with E-state index in [2.05, 4.69) is 28.2 Å². The summed E-state index contributed by atoms with van der Waals surface area (Å²) >= 11 is 5.14. The van der Waals surface area contributed by atoms with E-state index in [1.807, 2.05) is 11.4 Å². The summed E-state index contributed by atoms with van der Waals surface area (Å²) in [6.07, 6.45) is 2.51. The molecule has 1 aliphatic rings. The number of thiophene rings is 1. The highest BCUT2D eigenvalue weighted by molar-refractivity contribution is 9.10. The molecular formula is C12H16BrNOS. The van der Waals surface area contributed by atoms with Gasteiger partial charge in [0.1, 0.15) is 5.78 Å². The molecule has 0 spiro atoms. The van der Waals surface area contributed by atoms with Crippen LogP contribution in [0.4, 0.5) is 0 Å². The van der Waals surface area contributed by atoms with Crippen LogP contribution in [-0.2, 0) is 11.2 Å². The minimum absolute atomic E-state index is 0.116. The predicted molar refractivity (Wildman–Crippen MR) is 70.9 cm³/mol. The van der Waals surface area contributed by atoms with Crippen LogP contribution in [0.1, 0.15) is 24.6 Å². The van der Waals surface area contributed by atoms with E-state index in [-0.39, 0.29) is 5.41 Å². The van der Waals surface area contributed by atoms with Crippen molar-refractivity contribution in [3.63, 3.8) is 0 Å². The summed E-state index contributed by atoms with van der Waals surface area (Å²) in [5.74, 6) is 0.386. The Morgan fingerprint density at radius 2 is 2.25 bits per heavy atom. The standard InChI is InChI=1S/C12H16BrNOS/c1-12(3-5-14-6-4-12)11(15)8-10-9(13)2-7-16-10/h2,7,14H,3-6,8H2,1H3. The fourth-order valence-corrected chi connectivity index (χ4v) is 3.56. The first-order valence-electron chi connectivity index (χ1n) is 5.58. The summed E-state index contributed by atoms with van der Waals surface area (Å²) in [7, 11) is 0. The SMILES string of the molecule is CC1(C(=O)Cc2sccc2Br)CCNCC1. The molecule has 0 aromatic carbocycles. The van der Waals surface area contributed by atoms with Gasteiger partial charge in [-0.15, -0.1) is 11.3 Å². The minimum Gasteiger partial charge on any atom is -0.317 e. The first-order valence-corrected chi connectivity index (χ1v) is 7.25. The Morgan fingerprint density at radius 3 is 2.81 bits per heavy atom. The third-order valence-corrected chi connectivity index (χ3v) is 5.32. The molecule has 0 aliphatic carbocycles. The van der Waals surface area contributed by atoms with Crippen LogP contribution < -0.4 is 5.32 Å². The molecule has 1 aliphatic heterocycles. The molecule has 0 radical (unpaired) electrons. The Bertz CT molecular complexity index is 382. The van der Waals surface area contributed by atoms with Gasteiger partial charge in [0.05, 0.1) is 0 Å². The zero-order valence-electron chi connectivity index (χ0n) is 9.38. The number of halogens is 1. The number of Topliss-reactive ketones (excluding diaryl/α,β-unsaturated/α-hetero) is 1. The lowest BCUT2D eigenvalue weighted by Gasteiger charge is -2.32. The number of carbonyl (C=O) groups excluding carboxylic acids is 1. The van der Waals surface area contributed by atoms with Gasteiger partial charge in [-0.25, -0.2) is 0 Å². The average molecular weight is 302 g/mol. The number of hydrogen-bond donors (Lipinski definition) is 1. The van der Waals surface area contributed by atoms with Gasteiger partial charge in [-0.2, -0.15) is 0 Å². The Morgan fingerprint density at radius 1 is 1.56 bits per heavy atom. The van der Waals surface area contributed by atoms with Crippen LogP contribution in [0.2, 0.25) is 0 Å². The lowest BCUT2D eigenvalue weighted by molar-refractivity contribution is -0.128. The van der Waals surface area contributed by atoms with Crippen LogP contribution in [0.15, 0.2) is 15.9 Å². The monoisotopic (exact) mass is 301 g/mol. The Balaban J connectivity index is 2.05. The van der Waals surface area contributed by atoms with Gasteiger partial charge in [0.2, 0.25) is 0 Å². The highest BCUT2D eigenvalue weighted by Crippen LogP contribution is 2.32. The third-order valence-electron chi connectivity index (χ3n) is 3.39. The predicted octanol–water partition coefficient (Wildman–Crippen LogP) is 3.01. The van der Waals surface area contributed by atoms with E-state index in [1.165, 1.54) is 0 Å². The quantitative estimate of drug-likeness (QED) is 0.930. The summed E-state index contributed by atoms with van der Waals surface area (Å²) in [4.78, 5) is 13.5. The van der Waals surface area contributed by atoms with E-state index in [4.69, 9.17) is 0 Å². The Labute approximate surface area is 109 Å². The van der Waals surface area contributed by atoms with Crippen LogP contribution in [-0.4, -0.2) is 18.9 Å². The van der Waals surface area contributed by atoms with E-state index < -0.39 is 0 Å². The fraction of sp³-hybridized carbons (Fsp3) is 0.583. The van der Waals surface area contributed by atoms with Crippen LogP contribution >= 0.6 is 27.3 Å².